The second-order valence-electron chi connectivity index (χ2n) is 3.55. The summed E-state index contributed by atoms with van der Waals surface area (Å²) in [6.45, 7) is 0. The molecule has 82 valence electrons. The first-order chi connectivity index (χ1) is 7.26. The molecule has 3 nitrogen and oxygen atoms in total. The van der Waals surface area contributed by atoms with E-state index in [4.69, 9.17) is 4.74 Å². The molecule has 1 aliphatic rings. The van der Waals surface area contributed by atoms with E-state index < -0.39 is 6.10 Å². The number of hydrogen-bond acceptors (Lipinski definition) is 4. The topological polar surface area (TPSA) is 41.5 Å². The lowest BCUT2D eigenvalue weighted by Crippen LogP contribution is -2.36. The molecule has 2 N–H and O–H groups in total. The van der Waals surface area contributed by atoms with Crippen molar-refractivity contribution in [3.05, 3.63) is 23.8 Å². The molecule has 2 unspecified atom stereocenters. The molecular formula is C11H15NO2S. The van der Waals surface area contributed by atoms with Crippen molar-refractivity contribution in [2.75, 3.05) is 19.9 Å². The Morgan fingerprint density at radius 3 is 3.00 bits per heavy atom. The molecule has 4 heteroatoms. The van der Waals surface area contributed by atoms with Gasteiger partial charge in [-0.3, -0.25) is 0 Å². The number of ether oxygens (including phenoxy) is 1. The zero-order chi connectivity index (χ0) is 10.8. The van der Waals surface area contributed by atoms with E-state index in [2.05, 4.69) is 5.32 Å². The Hall–Kier alpha value is -0.710. The van der Waals surface area contributed by atoms with Crippen LogP contribution in [0.1, 0.15) is 11.7 Å². The number of fused-ring (bicyclic) bond motifs is 1. The van der Waals surface area contributed by atoms with E-state index in [-0.39, 0.29) is 6.04 Å². The number of aliphatic hydroxyl groups excluding tert-OH is 1. The maximum Gasteiger partial charge on any atom is 0.119 e. The Morgan fingerprint density at radius 1 is 1.53 bits per heavy atom. The molecule has 0 aromatic heterocycles. The van der Waals surface area contributed by atoms with Gasteiger partial charge in [-0.15, -0.1) is 11.8 Å². The van der Waals surface area contributed by atoms with Gasteiger partial charge in [0.05, 0.1) is 13.2 Å². The molecule has 1 aliphatic heterocycles. The fraction of sp³-hybridized carbons (Fsp3) is 0.455. The zero-order valence-electron chi connectivity index (χ0n) is 8.86. The molecule has 2 rings (SSSR count). The van der Waals surface area contributed by atoms with Crippen LogP contribution in [0, 0.1) is 0 Å². The minimum atomic E-state index is -0.419. The van der Waals surface area contributed by atoms with Crippen LogP contribution in [-0.2, 0) is 0 Å². The first-order valence-corrected chi connectivity index (χ1v) is 5.91. The van der Waals surface area contributed by atoms with Crippen molar-refractivity contribution in [1.82, 2.24) is 5.32 Å². The van der Waals surface area contributed by atoms with E-state index in [0.29, 0.717) is 0 Å². The number of hydrogen-bond donors (Lipinski definition) is 2. The van der Waals surface area contributed by atoms with E-state index in [9.17, 15) is 5.11 Å². The number of methoxy groups -OCH3 is 1. The molecule has 2 atom stereocenters. The Labute approximate surface area is 93.8 Å². The number of nitrogens with one attached hydrogen (secondary N) is 1. The van der Waals surface area contributed by atoms with Gasteiger partial charge in [0.15, 0.2) is 0 Å². The van der Waals surface area contributed by atoms with Crippen LogP contribution in [0.4, 0.5) is 0 Å². The van der Waals surface area contributed by atoms with Crippen molar-refractivity contribution < 1.29 is 9.84 Å². The third-order valence-corrected chi connectivity index (χ3v) is 3.90. The van der Waals surface area contributed by atoms with Crippen LogP contribution in [0.15, 0.2) is 23.1 Å². The largest absolute Gasteiger partial charge is 0.497 e. The highest BCUT2D eigenvalue weighted by atomic mass is 32.2. The molecule has 1 heterocycles. The van der Waals surface area contributed by atoms with E-state index in [0.717, 1.165) is 22.0 Å². The molecule has 0 spiro atoms. The van der Waals surface area contributed by atoms with Gasteiger partial charge in [0.1, 0.15) is 5.75 Å². The maximum atomic E-state index is 10.1. The third kappa shape index (κ3) is 1.97. The smallest absolute Gasteiger partial charge is 0.119 e. The SMILES string of the molecule is CNC1CSc2cc(OC)ccc2C1O. The summed E-state index contributed by atoms with van der Waals surface area (Å²) >= 11 is 1.75. The van der Waals surface area contributed by atoms with Gasteiger partial charge in [0.25, 0.3) is 0 Å². The van der Waals surface area contributed by atoms with Gasteiger partial charge in [0.2, 0.25) is 0 Å². The van der Waals surface area contributed by atoms with Gasteiger partial charge in [-0.1, -0.05) is 6.07 Å². The van der Waals surface area contributed by atoms with Gasteiger partial charge in [-0.05, 0) is 24.7 Å². The van der Waals surface area contributed by atoms with Crippen molar-refractivity contribution in [2.45, 2.75) is 17.0 Å². The summed E-state index contributed by atoms with van der Waals surface area (Å²) in [5.74, 6) is 1.73. The van der Waals surface area contributed by atoms with Crippen molar-refractivity contribution in [3.8, 4) is 5.75 Å². The average Bonchev–Trinajstić information content (AvgIpc) is 2.29. The molecule has 0 saturated heterocycles. The molecule has 0 amide bonds. The standard InChI is InChI=1S/C11H15NO2S/c1-12-9-6-15-10-5-7(14-2)3-4-8(10)11(9)13/h3-5,9,11-13H,6H2,1-2H3. The Morgan fingerprint density at radius 2 is 2.33 bits per heavy atom. The first kappa shape index (κ1) is 10.8. The fourth-order valence-electron chi connectivity index (χ4n) is 1.74. The van der Waals surface area contributed by atoms with Gasteiger partial charge in [-0.2, -0.15) is 0 Å². The predicted octanol–water partition coefficient (Wildman–Crippen LogP) is 1.42. The van der Waals surface area contributed by atoms with Gasteiger partial charge in [0, 0.05) is 16.7 Å². The predicted molar refractivity (Wildman–Crippen MR) is 61.5 cm³/mol. The maximum absolute atomic E-state index is 10.1. The quantitative estimate of drug-likeness (QED) is 0.799. The Balaban J connectivity index is 2.33. The molecule has 0 radical (unpaired) electrons. The molecule has 0 fully saturated rings. The summed E-state index contributed by atoms with van der Waals surface area (Å²) in [5.41, 5.74) is 0.992. The van der Waals surface area contributed by atoms with Gasteiger partial charge < -0.3 is 15.2 Å². The van der Waals surface area contributed by atoms with E-state index in [1.54, 1.807) is 18.9 Å². The Kier molecular flexibility index (Phi) is 3.19. The Bertz CT molecular complexity index is 356. The second kappa shape index (κ2) is 4.43. The number of aliphatic hydroxyl groups is 1. The highest BCUT2D eigenvalue weighted by molar-refractivity contribution is 7.99. The van der Waals surface area contributed by atoms with E-state index >= 15 is 0 Å². The summed E-state index contributed by atoms with van der Waals surface area (Å²) in [6, 6.07) is 5.95. The normalized spacial score (nSPS) is 24.7. The highest BCUT2D eigenvalue weighted by Crippen LogP contribution is 2.38. The number of thioether (sulfide) groups is 1. The third-order valence-electron chi connectivity index (χ3n) is 2.71. The van der Waals surface area contributed by atoms with Crippen molar-refractivity contribution in [2.24, 2.45) is 0 Å². The van der Waals surface area contributed by atoms with Crippen LogP contribution >= 0.6 is 11.8 Å². The van der Waals surface area contributed by atoms with E-state index in [1.807, 2.05) is 25.2 Å². The van der Waals surface area contributed by atoms with Crippen molar-refractivity contribution >= 4 is 11.8 Å². The van der Waals surface area contributed by atoms with Crippen LogP contribution in [0.3, 0.4) is 0 Å². The summed E-state index contributed by atoms with van der Waals surface area (Å²) in [5, 5.41) is 13.2. The monoisotopic (exact) mass is 225 g/mol. The lowest BCUT2D eigenvalue weighted by Gasteiger charge is -2.29. The van der Waals surface area contributed by atoms with E-state index in [1.165, 1.54) is 0 Å². The molecule has 0 saturated carbocycles. The van der Waals surface area contributed by atoms with Crippen molar-refractivity contribution in [1.29, 1.82) is 0 Å². The summed E-state index contributed by atoms with van der Waals surface area (Å²) in [6.07, 6.45) is -0.419. The van der Waals surface area contributed by atoms with Crippen LogP contribution in [0.2, 0.25) is 0 Å². The van der Waals surface area contributed by atoms with Crippen LogP contribution in [0.5, 0.6) is 5.75 Å². The summed E-state index contributed by atoms with van der Waals surface area (Å²) in [4.78, 5) is 1.12. The number of benzene rings is 1. The van der Waals surface area contributed by atoms with Crippen LogP contribution in [-0.4, -0.2) is 31.1 Å². The lowest BCUT2D eigenvalue weighted by atomic mass is 10.0. The fourth-order valence-corrected chi connectivity index (χ4v) is 3.00. The van der Waals surface area contributed by atoms with Crippen LogP contribution in [0.25, 0.3) is 0 Å². The number of rotatable bonds is 2. The minimum absolute atomic E-state index is 0.135. The van der Waals surface area contributed by atoms with Gasteiger partial charge >= 0.3 is 0 Å². The van der Waals surface area contributed by atoms with Gasteiger partial charge in [-0.25, -0.2) is 0 Å². The number of likely N-dealkylation sites (N-methyl/N-ethyl adjacent to an activating group) is 1. The molecule has 0 bridgehead atoms. The highest BCUT2D eigenvalue weighted by Gasteiger charge is 2.27. The first-order valence-electron chi connectivity index (χ1n) is 4.92. The van der Waals surface area contributed by atoms with Crippen LogP contribution < -0.4 is 10.1 Å². The molecule has 0 aliphatic carbocycles. The summed E-state index contributed by atoms with van der Waals surface area (Å²) < 4.78 is 5.16. The molecule has 15 heavy (non-hydrogen) atoms. The van der Waals surface area contributed by atoms with Crippen molar-refractivity contribution in [3.63, 3.8) is 0 Å². The summed E-state index contributed by atoms with van der Waals surface area (Å²) in [7, 11) is 3.53. The average molecular weight is 225 g/mol. The second-order valence-corrected chi connectivity index (χ2v) is 4.62. The lowest BCUT2D eigenvalue weighted by molar-refractivity contribution is 0.137. The molecule has 1 aromatic rings. The molecule has 1 aromatic carbocycles. The molecular weight excluding hydrogens is 210 g/mol. The minimum Gasteiger partial charge on any atom is -0.497 e. The zero-order valence-corrected chi connectivity index (χ0v) is 9.67.